The molecule has 1 nitrogen and oxygen atoms in total. The monoisotopic (exact) mass is 783 g/mol. The Hall–Kier alpha value is -6.70. The van der Waals surface area contributed by atoms with E-state index in [1.807, 2.05) is 0 Å². The fourth-order valence-electron chi connectivity index (χ4n) is 11.8. The third-order valence-electron chi connectivity index (χ3n) is 14.9. The molecular formula is C60H49N. The Labute approximate surface area is 360 Å². The molecule has 0 aromatic heterocycles. The number of benzene rings is 7. The maximum Gasteiger partial charge on any atom is 0.0710 e. The topological polar surface area (TPSA) is 3.24 Å². The highest BCUT2D eigenvalue weighted by atomic mass is 15.1. The number of nitrogens with zero attached hydrogens (tertiary/aromatic N) is 1. The summed E-state index contributed by atoms with van der Waals surface area (Å²) in [4.78, 5) is 2.47. The second-order valence-electron chi connectivity index (χ2n) is 18.4. The molecule has 0 spiro atoms. The van der Waals surface area contributed by atoms with Gasteiger partial charge in [-0.15, -0.1) is 0 Å². The standard InChI is InChI=1S/C60H49N/c1-59(2)55-24-14-12-22-49(55)51-35-34-48(38-57(51)59)61(46-30-26-41(27-31-46)40-16-6-3-7-17-40)47-32-28-42(29-33-47)53-39-58-54(37-43-36-52(43)53)50-23-13-15-25-56(50)60(58,44-18-8-4-9-19-44)45-20-10-5-11-21-45/h3-35,38-39,43,49,52,55H,36-37H2,1-2H3. The van der Waals surface area contributed by atoms with Gasteiger partial charge in [0.05, 0.1) is 5.41 Å². The average Bonchev–Trinajstić information content (AvgIpc) is 4.01. The molecule has 4 unspecified atom stereocenters. The van der Waals surface area contributed by atoms with Gasteiger partial charge in [-0.1, -0.05) is 190 Å². The molecule has 294 valence electrons. The molecule has 7 aromatic rings. The first kappa shape index (κ1) is 36.2. The van der Waals surface area contributed by atoms with E-state index in [0.29, 0.717) is 23.7 Å². The van der Waals surface area contributed by atoms with Crippen molar-refractivity contribution in [3.8, 4) is 11.1 Å². The third-order valence-corrected chi connectivity index (χ3v) is 14.9. The molecule has 0 amide bonds. The second-order valence-corrected chi connectivity index (χ2v) is 18.4. The first-order valence-electron chi connectivity index (χ1n) is 22.2. The van der Waals surface area contributed by atoms with Gasteiger partial charge >= 0.3 is 0 Å². The molecule has 7 aromatic carbocycles. The van der Waals surface area contributed by atoms with Gasteiger partial charge in [0.2, 0.25) is 0 Å². The van der Waals surface area contributed by atoms with Crippen LogP contribution in [0.3, 0.4) is 0 Å². The van der Waals surface area contributed by atoms with Gasteiger partial charge in [-0.2, -0.15) is 0 Å². The molecule has 5 aliphatic rings. The first-order valence-corrected chi connectivity index (χ1v) is 22.2. The minimum absolute atomic E-state index is 0.0267. The van der Waals surface area contributed by atoms with Gasteiger partial charge in [-0.25, -0.2) is 0 Å². The van der Waals surface area contributed by atoms with Gasteiger partial charge in [0.15, 0.2) is 0 Å². The number of allylic oxidation sites excluding steroid dienone is 8. The summed E-state index contributed by atoms with van der Waals surface area (Å²) in [5, 5.41) is 0. The predicted molar refractivity (Wildman–Crippen MR) is 254 cm³/mol. The Morgan fingerprint density at radius 3 is 1.79 bits per heavy atom. The molecule has 0 heterocycles. The Bertz CT molecular complexity index is 2890. The molecule has 5 aliphatic carbocycles. The maximum absolute atomic E-state index is 2.63. The van der Waals surface area contributed by atoms with Crippen molar-refractivity contribution in [1.29, 1.82) is 0 Å². The van der Waals surface area contributed by atoms with Crippen molar-refractivity contribution in [2.75, 3.05) is 4.90 Å². The zero-order chi connectivity index (χ0) is 40.7. The summed E-state index contributed by atoms with van der Waals surface area (Å²) >= 11 is 0. The number of rotatable bonds is 7. The van der Waals surface area contributed by atoms with Crippen molar-refractivity contribution in [2.45, 2.75) is 43.4 Å². The van der Waals surface area contributed by atoms with Crippen molar-refractivity contribution < 1.29 is 0 Å². The predicted octanol–water partition coefficient (Wildman–Crippen LogP) is 15.2. The van der Waals surface area contributed by atoms with Gasteiger partial charge in [0.1, 0.15) is 0 Å². The molecule has 0 bridgehead atoms. The SMILES string of the molecule is CC1(C)c2cc(N(c3ccc(C4=CC5=C(CC6CC46)c4ccccc4C5(c4ccccc4)c4ccccc4)cc3)c3ccc(-c4ccccc4)cc3)ccc2C2C=CC=CC21. The number of hydrogen-bond donors (Lipinski definition) is 0. The lowest BCUT2D eigenvalue weighted by atomic mass is 9.66. The molecular weight excluding hydrogens is 735 g/mol. The molecule has 4 atom stereocenters. The summed E-state index contributed by atoms with van der Waals surface area (Å²) in [5.74, 6) is 2.09. The lowest BCUT2D eigenvalue weighted by Gasteiger charge is -2.35. The van der Waals surface area contributed by atoms with Crippen LogP contribution in [-0.4, -0.2) is 0 Å². The Morgan fingerprint density at radius 1 is 0.525 bits per heavy atom. The van der Waals surface area contributed by atoms with Gasteiger partial charge in [-0.3, -0.25) is 0 Å². The number of anilines is 3. The zero-order valence-corrected chi connectivity index (χ0v) is 34.9. The Balaban J connectivity index is 0.985. The van der Waals surface area contributed by atoms with Crippen LogP contribution in [0.25, 0.3) is 22.3 Å². The van der Waals surface area contributed by atoms with E-state index < -0.39 is 0 Å². The van der Waals surface area contributed by atoms with Crippen molar-refractivity contribution in [2.24, 2.45) is 17.8 Å². The van der Waals surface area contributed by atoms with E-state index >= 15 is 0 Å². The summed E-state index contributed by atoms with van der Waals surface area (Å²) in [6, 6.07) is 68.4. The number of hydrogen-bond acceptors (Lipinski definition) is 1. The van der Waals surface area contributed by atoms with E-state index in [9.17, 15) is 0 Å². The van der Waals surface area contributed by atoms with Crippen LogP contribution in [0.1, 0.15) is 71.6 Å². The van der Waals surface area contributed by atoms with E-state index in [2.05, 4.69) is 231 Å². The van der Waals surface area contributed by atoms with E-state index in [1.54, 1.807) is 0 Å². The second kappa shape index (κ2) is 13.9. The summed E-state index contributed by atoms with van der Waals surface area (Å²) in [5.41, 5.74) is 19.8. The molecule has 1 saturated carbocycles. The minimum Gasteiger partial charge on any atom is -0.310 e. The van der Waals surface area contributed by atoms with Gasteiger partial charge < -0.3 is 4.90 Å². The highest BCUT2D eigenvalue weighted by Crippen LogP contribution is 2.63. The fraction of sp³-hybridized carbons (Fsp3) is 0.167. The summed E-state index contributed by atoms with van der Waals surface area (Å²) in [6.45, 7) is 4.86. The van der Waals surface area contributed by atoms with Crippen molar-refractivity contribution in [1.82, 2.24) is 0 Å². The van der Waals surface area contributed by atoms with Gasteiger partial charge in [0.25, 0.3) is 0 Å². The minimum atomic E-state index is -0.385. The van der Waals surface area contributed by atoms with E-state index in [4.69, 9.17) is 0 Å². The van der Waals surface area contributed by atoms with Gasteiger partial charge in [0, 0.05) is 23.0 Å². The van der Waals surface area contributed by atoms with Crippen LogP contribution in [0.4, 0.5) is 17.1 Å². The van der Waals surface area contributed by atoms with Crippen LogP contribution in [0.15, 0.2) is 218 Å². The largest absolute Gasteiger partial charge is 0.310 e. The quantitative estimate of drug-likeness (QED) is 0.156. The lowest BCUT2D eigenvalue weighted by molar-refractivity contribution is 0.394. The van der Waals surface area contributed by atoms with E-state index in [0.717, 1.165) is 12.1 Å². The number of fused-ring (bicyclic) bond motifs is 6. The fourth-order valence-corrected chi connectivity index (χ4v) is 11.8. The van der Waals surface area contributed by atoms with Crippen LogP contribution in [-0.2, 0) is 10.8 Å². The van der Waals surface area contributed by atoms with E-state index in [1.165, 1.54) is 84.6 Å². The average molecular weight is 784 g/mol. The summed E-state index contributed by atoms with van der Waals surface area (Å²) in [7, 11) is 0. The molecule has 1 heteroatoms. The summed E-state index contributed by atoms with van der Waals surface area (Å²) < 4.78 is 0. The molecule has 61 heavy (non-hydrogen) atoms. The molecule has 0 radical (unpaired) electrons. The molecule has 0 saturated heterocycles. The highest BCUT2D eigenvalue weighted by Gasteiger charge is 2.52. The van der Waals surface area contributed by atoms with Crippen LogP contribution in [0, 0.1) is 17.8 Å². The van der Waals surface area contributed by atoms with Crippen LogP contribution in [0.2, 0.25) is 0 Å². The van der Waals surface area contributed by atoms with E-state index in [-0.39, 0.29) is 10.8 Å². The maximum atomic E-state index is 2.63. The normalized spacial score (nSPS) is 22.0. The van der Waals surface area contributed by atoms with Crippen molar-refractivity contribution >= 4 is 28.2 Å². The van der Waals surface area contributed by atoms with Crippen molar-refractivity contribution in [3.63, 3.8) is 0 Å². The highest BCUT2D eigenvalue weighted by molar-refractivity contribution is 5.92. The third kappa shape index (κ3) is 5.60. The van der Waals surface area contributed by atoms with Crippen LogP contribution in [0.5, 0.6) is 0 Å². The van der Waals surface area contributed by atoms with Crippen LogP contribution >= 0.6 is 0 Å². The first-order chi connectivity index (χ1) is 30.0. The Morgan fingerprint density at radius 2 is 1.10 bits per heavy atom. The summed E-state index contributed by atoms with van der Waals surface area (Å²) in [6.07, 6.45) is 14.3. The van der Waals surface area contributed by atoms with Gasteiger partial charge in [-0.05, 0) is 139 Å². The molecule has 0 aliphatic heterocycles. The smallest absolute Gasteiger partial charge is 0.0710 e. The molecule has 12 rings (SSSR count). The van der Waals surface area contributed by atoms with Crippen molar-refractivity contribution in [3.05, 3.63) is 257 Å². The Kier molecular flexibility index (Phi) is 8.26. The molecule has 0 N–H and O–H groups in total. The van der Waals surface area contributed by atoms with Crippen LogP contribution < -0.4 is 4.90 Å². The molecule has 1 fully saturated rings. The zero-order valence-electron chi connectivity index (χ0n) is 34.9. The lowest BCUT2D eigenvalue weighted by Crippen LogP contribution is -2.29.